The third-order valence-corrected chi connectivity index (χ3v) is 3.63. The molecular weight excluding hydrogens is 300 g/mol. The number of hydrogen-bond acceptors (Lipinski definition) is 3. The van der Waals surface area contributed by atoms with E-state index in [1.54, 1.807) is 31.4 Å². The molecule has 1 N–H and O–H groups in total. The van der Waals surface area contributed by atoms with Crippen LogP contribution < -0.4 is 4.74 Å². The van der Waals surface area contributed by atoms with Gasteiger partial charge in [0.25, 0.3) is 0 Å². The molecule has 3 heteroatoms. The number of ketones is 1. The van der Waals surface area contributed by atoms with Crippen LogP contribution in [0.2, 0.25) is 0 Å². The number of carbonyl (C=O) groups is 1. The Kier molecular flexibility index (Phi) is 5.96. The highest BCUT2D eigenvalue weighted by molar-refractivity contribution is 6.08. The Morgan fingerprint density at radius 1 is 1.17 bits per heavy atom. The molecule has 0 aromatic heterocycles. The van der Waals surface area contributed by atoms with E-state index < -0.39 is 0 Å². The maximum Gasteiger partial charge on any atom is 0.189 e. The van der Waals surface area contributed by atoms with Crippen LogP contribution in [0.3, 0.4) is 0 Å². The van der Waals surface area contributed by atoms with E-state index in [4.69, 9.17) is 4.74 Å². The fraction of sp³-hybridized carbons (Fsp3) is 0.190. The largest absolute Gasteiger partial charge is 0.507 e. The lowest BCUT2D eigenvalue weighted by Gasteiger charge is -2.08. The Hall–Kier alpha value is -2.81. The molecule has 0 fully saturated rings. The van der Waals surface area contributed by atoms with Crippen molar-refractivity contribution in [1.29, 1.82) is 0 Å². The summed E-state index contributed by atoms with van der Waals surface area (Å²) in [5.74, 6) is 0.595. The summed E-state index contributed by atoms with van der Waals surface area (Å²) < 4.78 is 5.39. The lowest BCUT2D eigenvalue weighted by Crippen LogP contribution is -1.95. The second-order valence-electron chi connectivity index (χ2n) is 5.77. The van der Waals surface area contributed by atoms with E-state index in [0.29, 0.717) is 5.56 Å². The van der Waals surface area contributed by atoms with Crippen molar-refractivity contribution in [2.45, 2.75) is 20.3 Å². The summed E-state index contributed by atoms with van der Waals surface area (Å²) in [7, 11) is 1.65. The molecule has 24 heavy (non-hydrogen) atoms. The van der Waals surface area contributed by atoms with Crippen molar-refractivity contribution in [1.82, 2.24) is 0 Å². The number of aromatic hydroxyl groups is 1. The Morgan fingerprint density at radius 3 is 2.58 bits per heavy atom. The van der Waals surface area contributed by atoms with Gasteiger partial charge in [-0.3, -0.25) is 4.79 Å². The number of benzene rings is 2. The zero-order valence-corrected chi connectivity index (χ0v) is 14.2. The summed E-state index contributed by atoms with van der Waals surface area (Å²) in [6, 6.07) is 12.3. The predicted octanol–water partition coefficient (Wildman–Crippen LogP) is 4.81. The van der Waals surface area contributed by atoms with Gasteiger partial charge in [-0.2, -0.15) is 0 Å². The standard InChI is InChI=1S/C21H22O3/c1-15(2)8-11-17-14-16(10-13-21(17)24-3)9-12-20(23)18-6-4-5-7-19(18)22/h4-10,12-14,22H,11H2,1-3H3/b12-9+. The van der Waals surface area contributed by atoms with E-state index >= 15 is 0 Å². The number of rotatable bonds is 6. The number of para-hydroxylation sites is 1. The minimum atomic E-state index is -0.227. The molecule has 2 rings (SSSR count). The van der Waals surface area contributed by atoms with Crippen molar-refractivity contribution in [3.63, 3.8) is 0 Å². The average molecular weight is 322 g/mol. The van der Waals surface area contributed by atoms with Crippen molar-refractivity contribution in [3.8, 4) is 11.5 Å². The molecule has 0 aliphatic heterocycles. The first-order valence-corrected chi connectivity index (χ1v) is 7.82. The molecule has 2 aromatic carbocycles. The minimum Gasteiger partial charge on any atom is -0.507 e. The molecule has 0 radical (unpaired) electrons. The second-order valence-corrected chi connectivity index (χ2v) is 5.77. The Bertz CT molecular complexity index is 781. The van der Waals surface area contributed by atoms with Crippen LogP contribution >= 0.6 is 0 Å². The highest BCUT2D eigenvalue weighted by Gasteiger charge is 2.07. The number of phenols is 1. The lowest BCUT2D eigenvalue weighted by atomic mass is 10.0. The van der Waals surface area contributed by atoms with Gasteiger partial charge >= 0.3 is 0 Å². The first-order chi connectivity index (χ1) is 11.5. The second kappa shape index (κ2) is 8.16. The summed E-state index contributed by atoms with van der Waals surface area (Å²) in [5.41, 5.74) is 3.52. The van der Waals surface area contributed by atoms with Crippen molar-refractivity contribution in [3.05, 3.63) is 76.9 Å². The predicted molar refractivity (Wildman–Crippen MR) is 97.6 cm³/mol. The topological polar surface area (TPSA) is 46.5 Å². The van der Waals surface area contributed by atoms with Crippen molar-refractivity contribution in [2.75, 3.05) is 7.11 Å². The van der Waals surface area contributed by atoms with E-state index in [9.17, 15) is 9.90 Å². The van der Waals surface area contributed by atoms with Crippen LogP contribution in [0, 0.1) is 0 Å². The van der Waals surface area contributed by atoms with Crippen molar-refractivity contribution >= 4 is 11.9 Å². The number of carbonyl (C=O) groups excluding carboxylic acids is 1. The molecule has 0 spiro atoms. The van der Waals surface area contributed by atoms with Gasteiger partial charge in [0, 0.05) is 0 Å². The quantitative estimate of drug-likeness (QED) is 0.472. The van der Waals surface area contributed by atoms with Gasteiger partial charge in [-0.1, -0.05) is 35.9 Å². The molecule has 0 unspecified atom stereocenters. The van der Waals surface area contributed by atoms with Gasteiger partial charge in [0.2, 0.25) is 0 Å². The van der Waals surface area contributed by atoms with Crippen LogP contribution in [-0.2, 0) is 6.42 Å². The average Bonchev–Trinajstić information content (AvgIpc) is 2.58. The molecule has 0 amide bonds. The summed E-state index contributed by atoms with van der Waals surface area (Å²) in [6.07, 6.45) is 6.14. The molecule has 0 saturated carbocycles. The van der Waals surface area contributed by atoms with Gasteiger partial charge < -0.3 is 9.84 Å². The molecule has 0 bridgehead atoms. The Balaban J connectivity index is 2.23. The molecule has 0 aliphatic rings. The van der Waals surface area contributed by atoms with Crippen LogP contribution in [-0.4, -0.2) is 18.0 Å². The molecule has 0 saturated heterocycles. The molecule has 2 aromatic rings. The van der Waals surface area contributed by atoms with Gasteiger partial charge in [0.05, 0.1) is 12.7 Å². The van der Waals surface area contributed by atoms with E-state index in [2.05, 4.69) is 19.9 Å². The third kappa shape index (κ3) is 4.59. The monoisotopic (exact) mass is 322 g/mol. The van der Waals surface area contributed by atoms with E-state index in [-0.39, 0.29) is 11.5 Å². The highest BCUT2D eigenvalue weighted by atomic mass is 16.5. The Morgan fingerprint density at radius 2 is 1.92 bits per heavy atom. The third-order valence-electron chi connectivity index (χ3n) is 3.63. The number of ether oxygens (including phenoxy) is 1. The zero-order valence-electron chi connectivity index (χ0n) is 14.2. The van der Waals surface area contributed by atoms with Gasteiger partial charge in [0.15, 0.2) is 5.78 Å². The fourth-order valence-electron chi connectivity index (χ4n) is 2.32. The normalized spacial score (nSPS) is 10.6. The highest BCUT2D eigenvalue weighted by Crippen LogP contribution is 2.23. The minimum absolute atomic E-state index is 0.00821. The van der Waals surface area contributed by atoms with Gasteiger partial charge in [-0.05, 0) is 61.7 Å². The first-order valence-electron chi connectivity index (χ1n) is 7.82. The molecule has 3 nitrogen and oxygen atoms in total. The van der Waals surface area contributed by atoms with Crippen LogP contribution in [0.1, 0.15) is 35.3 Å². The number of phenolic OH excluding ortho intramolecular Hbond substituents is 1. The molecule has 124 valence electrons. The number of allylic oxidation sites excluding steroid dienone is 3. The summed E-state index contributed by atoms with van der Waals surface area (Å²) in [6.45, 7) is 4.11. The SMILES string of the molecule is COc1ccc(/C=C/C(=O)c2ccccc2O)cc1CC=C(C)C. The van der Waals surface area contributed by atoms with Crippen molar-refractivity contribution < 1.29 is 14.6 Å². The molecule has 0 heterocycles. The van der Waals surface area contributed by atoms with Crippen LogP contribution in [0.15, 0.2) is 60.2 Å². The summed E-state index contributed by atoms with van der Waals surface area (Å²) >= 11 is 0. The van der Waals surface area contributed by atoms with Gasteiger partial charge in [-0.25, -0.2) is 0 Å². The number of methoxy groups -OCH3 is 1. The molecule has 0 atom stereocenters. The van der Waals surface area contributed by atoms with Crippen LogP contribution in [0.5, 0.6) is 11.5 Å². The summed E-state index contributed by atoms with van der Waals surface area (Å²) in [5, 5.41) is 9.73. The lowest BCUT2D eigenvalue weighted by molar-refractivity contribution is 0.104. The maximum atomic E-state index is 12.2. The van der Waals surface area contributed by atoms with Crippen molar-refractivity contribution in [2.24, 2.45) is 0 Å². The maximum absolute atomic E-state index is 12.2. The van der Waals surface area contributed by atoms with Crippen LogP contribution in [0.4, 0.5) is 0 Å². The van der Waals surface area contributed by atoms with Crippen LogP contribution in [0.25, 0.3) is 6.08 Å². The van der Waals surface area contributed by atoms with Gasteiger partial charge in [-0.15, -0.1) is 0 Å². The molecule has 0 aliphatic carbocycles. The fourth-order valence-corrected chi connectivity index (χ4v) is 2.32. The molecular formula is C21H22O3. The summed E-state index contributed by atoms with van der Waals surface area (Å²) in [4.78, 5) is 12.2. The smallest absolute Gasteiger partial charge is 0.189 e. The van der Waals surface area contributed by atoms with E-state index in [1.807, 2.05) is 18.2 Å². The van der Waals surface area contributed by atoms with E-state index in [0.717, 1.165) is 23.3 Å². The van der Waals surface area contributed by atoms with Gasteiger partial charge in [0.1, 0.15) is 11.5 Å². The van der Waals surface area contributed by atoms with E-state index in [1.165, 1.54) is 17.7 Å². The first kappa shape index (κ1) is 17.5. The zero-order chi connectivity index (χ0) is 17.5. The number of hydrogen-bond donors (Lipinski definition) is 1. The Labute approximate surface area is 142 Å².